The molecular weight excluding hydrogens is 228 g/mol. The average molecular weight is 262 g/mol. The van der Waals surface area contributed by atoms with Gasteiger partial charge in [0.15, 0.2) is 0 Å². The molecule has 0 aromatic rings. The first kappa shape index (κ1) is 15.1. The van der Waals surface area contributed by atoms with Gasteiger partial charge in [-0.1, -0.05) is 70.4 Å². The fourth-order valence-electron chi connectivity index (χ4n) is 4.87. The Bertz CT molecular complexity index is 315. The molecule has 19 heavy (non-hydrogen) atoms. The van der Waals surface area contributed by atoms with Crippen LogP contribution in [0.4, 0.5) is 0 Å². The van der Waals surface area contributed by atoms with E-state index in [0.717, 1.165) is 11.8 Å². The van der Waals surface area contributed by atoms with Crippen LogP contribution in [0.2, 0.25) is 0 Å². The summed E-state index contributed by atoms with van der Waals surface area (Å²) in [5.41, 5.74) is 3.93. The lowest BCUT2D eigenvalue weighted by Gasteiger charge is -2.42. The van der Waals surface area contributed by atoms with Crippen molar-refractivity contribution in [2.24, 2.45) is 17.3 Å². The fourth-order valence-corrected chi connectivity index (χ4v) is 4.87. The van der Waals surface area contributed by atoms with E-state index in [1.165, 1.54) is 64.2 Å². The third-order valence-corrected chi connectivity index (χ3v) is 6.18. The van der Waals surface area contributed by atoms with Crippen LogP contribution in [0.3, 0.4) is 0 Å². The molecule has 0 bridgehead atoms. The standard InChI is InChI=1S/C19H34/c1-5-18-15(2)11-13-17(19(18,3)4)14-12-16-9-7-6-8-10-16/h16-17H,5-14H2,1-4H3. The van der Waals surface area contributed by atoms with E-state index in [4.69, 9.17) is 0 Å². The topological polar surface area (TPSA) is 0 Å². The zero-order valence-corrected chi connectivity index (χ0v) is 13.7. The quantitative estimate of drug-likeness (QED) is 0.507. The van der Waals surface area contributed by atoms with Gasteiger partial charge in [0.25, 0.3) is 0 Å². The normalized spacial score (nSPS) is 28.7. The molecule has 0 aromatic heterocycles. The van der Waals surface area contributed by atoms with Crippen molar-refractivity contribution in [3.63, 3.8) is 0 Å². The zero-order chi connectivity index (χ0) is 13.9. The summed E-state index contributed by atoms with van der Waals surface area (Å²) >= 11 is 0. The molecule has 0 heterocycles. The van der Waals surface area contributed by atoms with Gasteiger partial charge in [-0.05, 0) is 49.9 Å². The van der Waals surface area contributed by atoms with E-state index < -0.39 is 0 Å². The van der Waals surface area contributed by atoms with Crippen molar-refractivity contribution in [1.82, 2.24) is 0 Å². The smallest absolute Gasteiger partial charge is 0.0114 e. The molecular formula is C19H34. The Balaban J connectivity index is 1.93. The Morgan fingerprint density at radius 2 is 1.68 bits per heavy atom. The van der Waals surface area contributed by atoms with Gasteiger partial charge < -0.3 is 0 Å². The third-order valence-electron chi connectivity index (χ3n) is 6.18. The molecule has 0 amide bonds. The molecule has 110 valence electrons. The van der Waals surface area contributed by atoms with E-state index in [2.05, 4.69) is 27.7 Å². The van der Waals surface area contributed by atoms with Crippen LogP contribution in [0.5, 0.6) is 0 Å². The highest BCUT2D eigenvalue weighted by molar-refractivity contribution is 5.23. The molecule has 1 saturated carbocycles. The Kier molecular flexibility index (Phi) is 5.15. The highest BCUT2D eigenvalue weighted by Crippen LogP contribution is 2.48. The van der Waals surface area contributed by atoms with Crippen molar-refractivity contribution in [3.8, 4) is 0 Å². The van der Waals surface area contributed by atoms with E-state index in [0.29, 0.717) is 5.41 Å². The van der Waals surface area contributed by atoms with Crippen LogP contribution >= 0.6 is 0 Å². The van der Waals surface area contributed by atoms with Crippen LogP contribution < -0.4 is 0 Å². The number of rotatable bonds is 4. The van der Waals surface area contributed by atoms with Crippen molar-refractivity contribution in [3.05, 3.63) is 11.1 Å². The maximum atomic E-state index is 2.51. The summed E-state index contributed by atoms with van der Waals surface area (Å²) in [5, 5.41) is 0. The largest absolute Gasteiger partial charge is 0.0736 e. The summed E-state index contributed by atoms with van der Waals surface area (Å²) in [6.45, 7) is 9.75. The van der Waals surface area contributed by atoms with Gasteiger partial charge in [-0.3, -0.25) is 0 Å². The Labute approximate surface area is 121 Å². The summed E-state index contributed by atoms with van der Waals surface area (Å²) in [5.74, 6) is 2.00. The Morgan fingerprint density at radius 1 is 1.00 bits per heavy atom. The van der Waals surface area contributed by atoms with Gasteiger partial charge in [0, 0.05) is 0 Å². The van der Waals surface area contributed by atoms with Gasteiger partial charge >= 0.3 is 0 Å². The summed E-state index contributed by atoms with van der Waals surface area (Å²) in [4.78, 5) is 0. The summed E-state index contributed by atoms with van der Waals surface area (Å²) < 4.78 is 0. The Morgan fingerprint density at radius 3 is 2.32 bits per heavy atom. The van der Waals surface area contributed by atoms with Crippen LogP contribution in [0.1, 0.15) is 91.9 Å². The molecule has 0 saturated heterocycles. The zero-order valence-electron chi connectivity index (χ0n) is 13.7. The second kappa shape index (κ2) is 6.46. The molecule has 0 aromatic carbocycles. The molecule has 2 aliphatic rings. The maximum Gasteiger partial charge on any atom is -0.0114 e. The molecule has 2 rings (SSSR count). The van der Waals surface area contributed by atoms with E-state index in [-0.39, 0.29) is 0 Å². The monoisotopic (exact) mass is 262 g/mol. The van der Waals surface area contributed by atoms with E-state index in [1.54, 1.807) is 11.1 Å². The molecule has 0 heteroatoms. The first-order valence-corrected chi connectivity index (χ1v) is 8.74. The van der Waals surface area contributed by atoms with Crippen LogP contribution in [-0.2, 0) is 0 Å². The third kappa shape index (κ3) is 3.44. The summed E-state index contributed by atoms with van der Waals surface area (Å²) in [7, 11) is 0. The van der Waals surface area contributed by atoms with Crippen molar-refractivity contribution in [2.45, 2.75) is 91.9 Å². The maximum absolute atomic E-state index is 2.51. The SMILES string of the molecule is CCC1=C(C)CCC(CCC2CCCCC2)C1(C)C. The average Bonchev–Trinajstić information content (AvgIpc) is 2.39. The van der Waals surface area contributed by atoms with E-state index >= 15 is 0 Å². The number of hydrogen-bond acceptors (Lipinski definition) is 0. The minimum absolute atomic E-state index is 0.464. The molecule has 0 radical (unpaired) electrons. The Hall–Kier alpha value is -0.260. The van der Waals surface area contributed by atoms with Crippen molar-refractivity contribution < 1.29 is 0 Å². The molecule has 2 aliphatic carbocycles. The van der Waals surface area contributed by atoms with Gasteiger partial charge in [0.2, 0.25) is 0 Å². The van der Waals surface area contributed by atoms with Crippen LogP contribution in [0.25, 0.3) is 0 Å². The summed E-state index contributed by atoms with van der Waals surface area (Å²) in [6.07, 6.45) is 14.6. The number of hydrogen-bond donors (Lipinski definition) is 0. The number of allylic oxidation sites excluding steroid dienone is 2. The van der Waals surface area contributed by atoms with Crippen molar-refractivity contribution in [1.29, 1.82) is 0 Å². The van der Waals surface area contributed by atoms with Crippen LogP contribution in [0, 0.1) is 17.3 Å². The van der Waals surface area contributed by atoms with E-state index in [1.807, 2.05) is 0 Å². The van der Waals surface area contributed by atoms with Gasteiger partial charge in [-0.25, -0.2) is 0 Å². The van der Waals surface area contributed by atoms with Gasteiger partial charge in [-0.15, -0.1) is 0 Å². The predicted octanol–water partition coefficient (Wildman–Crippen LogP) is 6.51. The molecule has 1 fully saturated rings. The lowest BCUT2D eigenvalue weighted by atomic mass is 9.63. The minimum Gasteiger partial charge on any atom is -0.0736 e. The molecule has 0 nitrogen and oxygen atoms in total. The lowest BCUT2D eigenvalue weighted by Crippen LogP contribution is -2.31. The van der Waals surface area contributed by atoms with Crippen molar-refractivity contribution in [2.75, 3.05) is 0 Å². The van der Waals surface area contributed by atoms with Crippen LogP contribution in [0.15, 0.2) is 11.1 Å². The summed E-state index contributed by atoms with van der Waals surface area (Å²) in [6, 6.07) is 0. The second-order valence-electron chi connectivity index (χ2n) is 7.65. The fraction of sp³-hybridized carbons (Fsp3) is 0.895. The highest BCUT2D eigenvalue weighted by atomic mass is 14.4. The minimum atomic E-state index is 0.464. The highest BCUT2D eigenvalue weighted by Gasteiger charge is 2.36. The first-order valence-electron chi connectivity index (χ1n) is 8.74. The first-order chi connectivity index (χ1) is 9.05. The van der Waals surface area contributed by atoms with Gasteiger partial charge in [-0.2, -0.15) is 0 Å². The molecule has 1 atom stereocenters. The molecule has 0 spiro atoms. The molecule has 0 N–H and O–H groups in total. The van der Waals surface area contributed by atoms with Gasteiger partial charge in [0.05, 0.1) is 0 Å². The van der Waals surface area contributed by atoms with Crippen LogP contribution in [-0.4, -0.2) is 0 Å². The van der Waals surface area contributed by atoms with Crippen molar-refractivity contribution >= 4 is 0 Å². The molecule has 1 unspecified atom stereocenters. The van der Waals surface area contributed by atoms with Gasteiger partial charge in [0.1, 0.15) is 0 Å². The molecule has 0 aliphatic heterocycles. The van der Waals surface area contributed by atoms with E-state index in [9.17, 15) is 0 Å². The predicted molar refractivity (Wildman–Crippen MR) is 85.3 cm³/mol. The second-order valence-corrected chi connectivity index (χ2v) is 7.65. The lowest BCUT2D eigenvalue weighted by molar-refractivity contribution is 0.187.